The first kappa shape index (κ1) is 31.2. The summed E-state index contributed by atoms with van der Waals surface area (Å²) in [5.41, 5.74) is 0.493. The van der Waals surface area contributed by atoms with E-state index >= 15 is 0 Å². The van der Waals surface area contributed by atoms with Gasteiger partial charge in [0.05, 0.1) is 28.1 Å². The number of ether oxygens (including phenoxy) is 1. The van der Waals surface area contributed by atoms with Crippen LogP contribution in [0.2, 0.25) is 5.02 Å². The Morgan fingerprint density at radius 1 is 0.979 bits per heavy atom. The van der Waals surface area contributed by atoms with Crippen molar-refractivity contribution in [2.75, 3.05) is 16.8 Å². The number of benzene rings is 3. The van der Waals surface area contributed by atoms with Crippen molar-refractivity contribution in [3.05, 3.63) is 103 Å². The van der Waals surface area contributed by atoms with E-state index in [1.807, 2.05) is 12.1 Å². The molecule has 2 saturated carbocycles. The average molecular weight is 712 g/mol. The Kier molecular flexibility index (Phi) is 7.49. The summed E-state index contributed by atoms with van der Waals surface area (Å²) >= 11 is 8.55. The maximum atomic E-state index is 13.9. The van der Waals surface area contributed by atoms with Crippen molar-refractivity contribution >= 4 is 63.8 Å². The lowest BCUT2D eigenvalue weighted by Crippen LogP contribution is -2.42. The zero-order chi connectivity index (χ0) is 33.5. The summed E-state index contributed by atoms with van der Waals surface area (Å²) in [4.78, 5) is 57.3. The zero-order valence-corrected chi connectivity index (χ0v) is 27.1. The lowest BCUT2D eigenvalue weighted by atomic mass is 9.68. The highest BCUT2D eigenvalue weighted by Gasteiger charge is 2.69. The summed E-state index contributed by atoms with van der Waals surface area (Å²) in [6, 6.07) is 18.3. The lowest BCUT2D eigenvalue weighted by molar-refractivity contribution is -0.137. The summed E-state index contributed by atoms with van der Waals surface area (Å²) in [5.74, 6) is -2.80. The third kappa shape index (κ3) is 5.14. The second kappa shape index (κ2) is 11.5. The molecule has 3 heterocycles. The van der Waals surface area contributed by atoms with Gasteiger partial charge in [-0.1, -0.05) is 41.1 Å². The number of nitrogens with zero attached hydrogens (tertiary/aromatic N) is 1. The van der Waals surface area contributed by atoms with Gasteiger partial charge in [0.2, 0.25) is 11.8 Å². The Labute approximate surface area is 284 Å². The Bertz CT molecular complexity index is 2020. The fourth-order valence-corrected chi connectivity index (χ4v) is 11.1. The summed E-state index contributed by atoms with van der Waals surface area (Å²) in [7, 11) is 0. The van der Waals surface area contributed by atoms with Gasteiger partial charge in [-0.05, 0) is 84.3 Å². The molecule has 3 aromatic carbocycles. The van der Waals surface area contributed by atoms with Gasteiger partial charge in [-0.25, -0.2) is 0 Å². The predicted octanol–water partition coefficient (Wildman–Crippen LogP) is 6.80. The van der Waals surface area contributed by atoms with Crippen LogP contribution in [0.5, 0.6) is 5.75 Å². The molecular formula is C34H25ClF3N3O5S2. The van der Waals surface area contributed by atoms with Gasteiger partial charge in [-0.2, -0.15) is 13.2 Å². The minimum atomic E-state index is -4.62. The molecule has 2 N–H and O–H groups in total. The van der Waals surface area contributed by atoms with Gasteiger partial charge in [-0.15, -0.1) is 11.8 Å². The predicted molar refractivity (Wildman–Crippen MR) is 174 cm³/mol. The number of amides is 3. The number of rotatable bonds is 6. The maximum absolute atomic E-state index is 13.9. The molecule has 14 heteroatoms. The van der Waals surface area contributed by atoms with Crippen LogP contribution in [-0.4, -0.2) is 34.6 Å². The SMILES string of the molecule is O=C(COc1ccc([C@H]2c3sc(=O)[nH]c3SC3C2[C@H]2C[C@@H]3C3C(=O)N(c4cccc(C(F)(F)F)c4)C(=O)C32)cc1)Nc1ccc(Cl)cc1. The molecule has 4 aromatic rings. The van der Waals surface area contributed by atoms with Crippen molar-refractivity contribution < 1.29 is 32.3 Å². The van der Waals surface area contributed by atoms with Gasteiger partial charge in [0.25, 0.3) is 5.91 Å². The second-order valence-corrected chi connectivity index (χ2v) is 15.1. The fourth-order valence-electron chi connectivity index (χ4n) is 8.12. The highest BCUT2D eigenvalue weighted by molar-refractivity contribution is 8.00. The first-order valence-corrected chi connectivity index (χ1v) is 17.3. The van der Waals surface area contributed by atoms with Crippen molar-refractivity contribution in [1.29, 1.82) is 0 Å². The normalized spacial score (nSPS) is 27.1. The number of nitrogens with one attached hydrogen (secondary N) is 2. The number of thiazole rings is 1. The molecular weight excluding hydrogens is 687 g/mol. The van der Waals surface area contributed by atoms with Crippen LogP contribution in [0.4, 0.5) is 24.5 Å². The Hall–Kier alpha value is -4.07. The number of hydrogen-bond acceptors (Lipinski definition) is 7. The van der Waals surface area contributed by atoms with Crippen LogP contribution in [0.15, 0.2) is 82.6 Å². The number of carbonyl (C=O) groups is 3. The van der Waals surface area contributed by atoms with E-state index in [-0.39, 0.29) is 52.0 Å². The first-order valence-electron chi connectivity index (χ1n) is 15.2. The van der Waals surface area contributed by atoms with Crippen molar-refractivity contribution in [3.63, 3.8) is 0 Å². The second-order valence-electron chi connectivity index (χ2n) is 12.4. The number of H-pyrrole nitrogens is 1. The van der Waals surface area contributed by atoms with Crippen LogP contribution in [0.1, 0.15) is 28.3 Å². The van der Waals surface area contributed by atoms with E-state index in [0.29, 0.717) is 22.9 Å². The number of aromatic nitrogens is 1. The summed E-state index contributed by atoms with van der Waals surface area (Å²) in [5, 5.41) is 3.96. The van der Waals surface area contributed by atoms with E-state index in [9.17, 15) is 32.3 Å². The summed E-state index contributed by atoms with van der Waals surface area (Å²) < 4.78 is 46.2. The third-order valence-corrected chi connectivity index (χ3v) is 12.7. The number of thioether (sulfide) groups is 1. The lowest BCUT2D eigenvalue weighted by Gasteiger charge is -2.43. The van der Waals surface area contributed by atoms with E-state index in [0.717, 1.165) is 43.8 Å². The molecule has 48 heavy (non-hydrogen) atoms. The van der Waals surface area contributed by atoms with E-state index in [1.54, 1.807) is 36.4 Å². The molecule has 7 atom stereocenters. The number of aromatic amines is 1. The van der Waals surface area contributed by atoms with Crippen molar-refractivity contribution in [2.24, 2.45) is 29.6 Å². The average Bonchev–Trinajstić information content (AvgIpc) is 3.80. The Balaban J connectivity index is 1.05. The molecule has 1 saturated heterocycles. The highest BCUT2D eigenvalue weighted by Crippen LogP contribution is 2.68. The number of fused-ring (bicyclic) bond motifs is 9. The topological polar surface area (TPSA) is 109 Å². The monoisotopic (exact) mass is 711 g/mol. The highest BCUT2D eigenvalue weighted by atomic mass is 35.5. The third-order valence-electron chi connectivity index (χ3n) is 9.89. The van der Waals surface area contributed by atoms with E-state index < -0.39 is 35.4 Å². The van der Waals surface area contributed by atoms with Crippen molar-refractivity contribution in [3.8, 4) is 5.75 Å². The van der Waals surface area contributed by atoms with Crippen LogP contribution < -0.4 is 19.8 Å². The van der Waals surface area contributed by atoms with Gasteiger partial charge in [0.1, 0.15) is 5.75 Å². The molecule has 2 bridgehead atoms. The van der Waals surface area contributed by atoms with Crippen molar-refractivity contribution in [2.45, 2.75) is 28.8 Å². The summed E-state index contributed by atoms with van der Waals surface area (Å²) in [6.07, 6.45) is -3.97. The van der Waals surface area contributed by atoms with Crippen LogP contribution in [0.3, 0.4) is 0 Å². The van der Waals surface area contributed by atoms with E-state index in [2.05, 4.69) is 10.3 Å². The Morgan fingerprint density at radius 3 is 2.40 bits per heavy atom. The molecule has 246 valence electrons. The molecule has 0 spiro atoms. The van der Waals surface area contributed by atoms with E-state index in [4.69, 9.17) is 16.3 Å². The molecule has 8 nitrogen and oxygen atoms in total. The first-order chi connectivity index (χ1) is 23.0. The van der Waals surface area contributed by atoms with E-state index in [1.165, 1.54) is 23.9 Å². The quantitative estimate of drug-likeness (QED) is 0.213. The molecule has 4 aliphatic rings. The fraction of sp³-hybridized carbons (Fsp3) is 0.294. The number of halogens is 4. The largest absolute Gasteiger partial charge is 0.484 e. The number of alkyl halides is 3. The van der Waals surface area contributed by atoms with Crippen LogP contribution in [-0.2, 0) is 20.6 Å². The number of hydrogen-bond donors (Lipinski definition) is 2. The van der Waals surface area contributed by atoms with Gasteiger partial charge in [-0.3, -0.25) is 24.1 Å². The number of imide groups is 1. The maximum Gasteiger partial charge on any atom is 0.416 e. The molecule has 3 fully saturated rings. The van der Waals surface area contributed by atoms with Gasteiger partial charge in [0, 0.05) is 26.8 Å². The minimum Gasteiger partial charge on any atom is -0.484 e. The Morgan fingerprint density at radius 2 is 1.69 bits per heavy atom. The zero-order valence-electron chi connectivity index (χ0n) is 24.7. The molecule has 4 unspecified atom stereocenters. The molecule has 1 aromatic heterocycles. The number of carbonyl (C=O) groups excluding carboxylic acids is 3. The van der Waals surface area contributed by atoms with Gasteiger partial charge >= 0.3 is 11.0 Å². The van der Waals surface area contributed by atoms with Crippen LogP contribution >= 0.6 is 34.7 Å². The molecule has 2 aliphatic heterocycles. The van der Waals surface area contributed by atoms with Crippen LogP contribution in [0.25, 0.3) is 0 Å². The molecule has 2 aliphatic carbocycles. The van der Waals surface area contributed by atoms with Crippen LogP contribution in [0, 0.1) is 29.6 Å². The standard InChI is InChI=1S/C34H25ClF3N3O5S2/c35-17-6-8-18(9-7-17)39-23(42)14-46-20-10-4-15(5-11-20)24-25-21-13-22(28(25)47-30-29(24)48-33(45)40-30)27-26(21)31(43)41(32(27)44)19-3-1-2-16(12-19)34(36,37)38/h1-12,21-22,24-28H,13-14H2,(H,39,42)(H,40,45)/t21-,22-,24-,25?,26?,27?,28?/m1/s1. The van der Waals surface area contributed by atoms with Gasteiger partial charge < -0.3 is 15.0 Å². The van der Waals surface area contributed by atoms with Crippen molar-refractivity contribution in [1.82, 2.24) is 4.98 Å². The van der Waals surface area contributed by atoms with Gasteiger partial charge in [0.15, 0.2) is 6.61 Å². The molecule has 0 radical (unpaired) electrons. The smallest absolute Gasteiger partial charge is 0.416 e. The summed E-state index contributed by atoms with van der Waals surface area (Å²) in [6.45, 7) is -0.221. The minimum absolute atomic E-state index is 0.0679. The molecule has 8 rings (SSSR count). The molecule has 3 amide bonds. The number of anilines is 2.